The quantitative estimate of drug-likeness (QED) is 0.279. The van der Waals surface area contributed by atoms with Crippen LogP contribution in [0.15, 0.2) is 35.2 Å². The van der Waals surface area contributed by atoms with E-state index in [9.17, 15) is 19.7 Å². The highest BCUT2D eigenvalue weighted by Crippen LogP contribution is 2.32. The Morgan fingerprint density at radius 2 is 2.12 bits per heavy atom. The summed E-state index contributed by atoms with van der Waals surface area (Å²) >= 11 is 0.727. The summed E-state index contributed by atoms with van der Waals surface area (Å²) in [6.07, 6.45) is 2.02. The standard InChI is InChI=1S/C16H20N2O6S/c1-3-4-13(19)14(8-6-11(17)16(20)21)24-25-15-9-10(2)5-7-12(15)18(22)23/h3-5,7,9,11,14H,6,8,17H2,1-2H3,(H,20,21)/b4-3+. The van der Waals surface area contributed by atoms with Gasteiger partial charge < -0.3 is 10.8 Å². The molecule has 0 saturated heterocycles. The Bertz CT molecular complexity index is 677. The third-order valence-corrected chi connectivity index (χ3v) is 4.11. The smallest absolute Gasteiger partial charge is 0.320 e. The van der Waals surface area contributed by atoms with Crippen molar-refractivity contribution in [3.05, 3.63) is 46.0 Å². The highest BCUT2D eigenvalue weighted by Gasteiger charge is 2.23. The average Bonchev–Trinajstić information content (AvgIpc) is 2.54. The maximum Gasteiger partial charge on any atom is 0.320 e. The van der Waals surface area contributed by atoms with E-state index in [2.05, 4.69) is 0 Å². The largest absolute Gasteiger partial charge is 0.480 e. The van der Waals surface area contributed by atoms with E-state index in [1.807, 2.05) is 0 Å². The van der Waals surface area contributed by atoms with Crippen molar-refractivity contribution in [2.45, 2.75) is 43.7 Å². The van der Waals surface area contributed by atoms with E-state index >= 15 is 0 Å². The molecule has 2 atom stereocenters. The summed E-state index contributed by atoms with van der Waals surface area (Å²) in [6.45, 7) is 3.44. The highest BCUT2D eigenvalue weighted by atomic mass is 32.2. The van der Waals surface area contributed by atoms with Crippen molar-refractivity contribution in [1.29, 1.82) is 0 Å². The lowest BCUT2D eigenvalue weighted by atomic mass is 10.1. The Kier molecular flexibility index (Phi) is 8.26. The fourth-order valence-electron chi connectivity index (χ4n) is 1.91. The summed E-state index contributed by atoms with van der Waals surface area (Å²) in [7, 11) is 0. The van der Waals surface area contributed by atoms with Crippen LogP contribution in [-0.2, 0) is 13.8 Å². The number of carbonyl (C=O) groups is 2. The number of nitrogens with zero attached hydrogens (tertiary/aromatic N) is 1. The number of nitrogens with two attached hydrogens (primary N) is 1. The maximum atomic E-state index is 12.1. The molecule has 2 unspecified atom stereocenters. The number of carbonyl (C=O) groups excluding carboxylic acids is 1. The molecule has 0 heterocycles. The van der Waals surface area contributed by atoms with Crippen LogP contribution in [0.25, 0.3) is 0 Å². The number of benzene rings is 1. The second kappa shape index (κ2) is 9.92. The number of hydrogen-bond donors (Lipinski definition) is 2. The molecule has 0 amide bonds. The number of carboxylic acids is 1. The molecule has 8 nitrogen and oxygen atoms in total. The van der Waals surface area contributed by atoms with E-state index < -0.39 is 23.0 Å². The van der Waals surface area contributed by atoms with Crippen LogP contribution in [0, 0.1) is 17.0 Å². The molecule has 3 N–H and O–H groups in total. The van der Waals surface area contributed by atoms with Gasteiger partial charge in [-0.05, 0) is 44.4 Å². The summed E-state index contributed by atoms with van der Waals surface area (Å²) in [5, 5.41) is 19.9. The number of nitro groups is 1. The van der Waals surface area contributed by atoms with Gasteiger partial charge in [-0.15, -0.1) is 0 Å². The lowest BCUT2D eigenvalue weighted by Crippen LogP contribution is -2.32. The minimum Gasteiger partial charge on any atom is -0.480 e. The monoisotopic (exact) mass is 368 g/mol. The van der Waals surface area contributed by atoms with Gasteiger partial charge in [-0.3, -0.25) is 23.9 Å². The van der Waals surface area contributed by atoms with Gasteiger partial charge in [0.2, 0.25) is 0 Å². The Labute approximate surface area is 149 Å². The minimum absolute atomic E-state index is 0.0414. The van der Waals surface area contributed by atoms with E-state index in [0.29, 0.717) is 0 Å². The van der Waals surface area contributed by atoms with Gasteiger partial charge in [0.15, 0.2) is 5.78 Å². The Hall–Kier alpha value is -2.23. The predicted octanol–water partition coefficient (Wildman–Crippen LogP) is 2.63. The lowest BCUT2D eigenvalue weighted by molar-refractivity contribution is -0.387. The van der Waals surface area contributed by atoms with Crippen molar-refractivity contribution in [3.8, 4) is 0 Å². The summed E-state index contributed by atoms with van der Waals surface area (Å²) in [5.74, 6) is -1.53. The van der Waals surface area contributed by atoms with Crippen LogP contribution in [0.3, 0.4) is 0 Å². The summed E-state index contributed by atoms with van der Waals surface area (Å²) in [5.41, 5.74) is 6.13. The van der Waals surface area contributed by atoms with Crippen LogP contribution in [0.2, 0.25) is 0 Å². The second-order valence-electron chi connectivity index (χ2n) is 5.32. The lowest BCUT2D eigenvalue weighted by Gasteiger charge is -2.15. The molecule has 0 aliphatic heterocycles. The van der Waals surface area contributed by atoms with Gasteiger partial charge in [0.1, 0.15) is 17.0 Å². The Balaban J connectivity index is 2.88. The molecule has 0 radical (unpaired) electrons. The Morgan fingerprint density at radius 1 is 1.44 bits per heavy atom. The van der Waals surface area contributed by atoms with Gasteiger partial charge in [0, 0.05) is 18.1 Å². The Morgan fingerprint density at radius 3 is 2.68 bits per heavy atom. The van der Waals surface area contributed by atoms with Gasteiger partial charge in [0.25, 0.3) is 5.69 Å². The van der Waals surface area contributed by atoms with Crippen molar-refractivity contribution in [2.75, 3.05) is 0 Å². The number of aryl methyl sites for hydroxylation is 1. The second-order valence-corrected chi connectivity index (χ2v) is 6.12. The van der Waals surface area contributed by atoms with Crippen LogP contribution in [0.1, 0.15) is 25.3 Å². The molecule has 0 saturated carbocycles. The van der Waals surface area contributed by atoms with Crippen LogP contribution in [0.5, 0.6) is 0 Å². The molecule has 1 aromatic carbocycles. The SMILES string of the molecule is C/C=C/C(=O)C(CCC(N)C(=O)O)OSc1cc(C)ccc1[N+](=O)[O-]. The van der Waals surface area contributed by atoms with E-state index in [1.54, 1.807) is 26.0 Å². The number of ketones is 1. The summed E-state index contributed by atoms with van der Waals surface area (Å²) in [4.78, 5) is 33.7. The van der Waals surface area contributed by atoms with Crippen molar-refractivity contribution in [2.24, 2.45) is 5.73 Å². The highest BCUT2D eigenvalue weighted by molar-refractivity contribution is 7.94. The summed E-state index contributed by atoms with van der Waals surface area (Å²) in [6, 6.07) is 3.45. The molecular weight excluding hydrogens is 348 g/mol. The third-order valence-electron chi connectivity index (χ3n) is 3.27. The molecule has 0 aromatic heterocycles. The number of aliphatic carboxylic acids is 1. The first kappa shape index (κ1) is 20.8. The molecule has 1 aromatic rings. The first-order valence-electron chi connectivity index (χ1n) is 7.49. The average molecular weight is 368 g/mol. The van der Waals surface area contributed by atoms with Crippen molar-refractivity contribution < 1.29 is 23.8 Å². The molecule has 0 aliphatic carbocycles. The van der Waals surface area contributed by atoms with Gasteiger partial charge >= 0.3 is 5.97 Å². The molecule has 0 aliphatic rings. The third kappa shape index (κ3) is 6.65. The number of hydrogen-bond acceptors (Lipinski definition) is 7. The minimum atomic E-state index is -1.17. The summed E-state index contributed by atoms with van der Waals surface area (Å²) < 4.78 is 5.48. The molecule has 0 spiro atoms. The molecule has 136 valence electrons. The fraction of sp³-hybridized carbons (Fsp3) is 0.375. The molecule has 1 rings (SSSR count). The normalized spacial score (nSPS) is 13.6. The van der Waals surface area contributed by atoms with Gasteiger partial charge in [-0.2, -0.15) is 0 Å². The zero-order chi connectivity index (χ0) is 19.0. The van der Waals surface area contributed by atoms with E-state index in [1.165, 1.54) is 18.2 Å². The van der Waals surface area contributed by atoms with Crippen LogP contribution < -0.4 is 5.73 Å². The topological polar surface area (TPSA) is 133 Å². The van der Waals surface area contributed by atoms with Gasteiger partial charge in [-0.25, -0.2) is 0 Å². The maximum absolute atomic E-state index is 12.1. The van der Waals surface area contributed by atoms with Crippen LogP contribution in [0.4, 0.5) is 5.69 Å². The molecule has 0 bridgehead atoms. The number of carboxylic acid groups (broad SMARTS) is 1. The number of allylic oxidation sites excluding steroid dienone is 1. The van der Waals surface area contributed by atoms with Crippen molar-refractivity contribution in [1.82, 2.24) is 0 Å². The zero-order valence-corrected chi connectivity index (χ0v) is 14.7. The van der Waals surface area contributed by atoms with Crippen LogP contribution >= 0.6 is 12.0 Å². The van der Waals surface area contributed by atoms with E-state index in [-0.39, 0.29) is 29.2 Å². The van der Waals surface area contributed by atoms with Crippen molar-refractivity contribution >= 4 is 29.5 Å². The fourth-order valence-corrected chi connectivity index (χ4v) is 2.79. The molecule has 25 heavy (non-hydrogen) atoms. The first-order chi connectivity index (χ1) is 11.8. The zero-order valence-electron chi connectivity index (χ0n) is 13.9. The van der Waals surface area contributed by atoms with E-state index in [4.69, 9.17) is 15.0 Å². The predicted molar refractivity (Wildman–Crippen MR) is 93.2 cm³/mol. The van der Waals surface area contributed by atoms with Gasteiger partial charge in [0.05, 0.1) is 4.92 Å². The van der Waals surface area contributed by atoms with Crippen LogP contribution in [-0.4, -0.2) is 33.9 Å². The first-order valence-corrected chi connectivity index (χ1v) is 8.23. The number of rotatable bonds is 10. The van der Waals surface area contributed by atoms with E-state index in [0.717, 1.165) is 17.6 Å². The molecular formula is C16H20N2O6S. The molecule has 9 heteroatoms. The number of nitro benzene ring substituents is 1. The van der Waals surface area contributed by atoms with Gasteiger partial charge in [-0.1, -0.05) is 12.1 Å². The van der Waals surface area contributed by atoms with Crippen molar-refractivity contribution in [3.63, 3.8) is 0 Å². The molecule has 0 fully saturated rings.